The molecule has 0 aromatic carbocycles. The largest absolute Gasteiger partial charge is 0.461 e. The quantitative estimate of drug-likeness (QED) is 0.717. The van der Waals surface area contributed by atoms with Crippen molar-refractivity contribution < 1.29 is 14.3 Å². The lowest BCUT2D eigenvalue weighted by molar-refractivity contribution is -0.0129. The molecule has 2 heterocycles. The summed E-state index contributed by atoms with van der Waals surface area (Å²) < 4.78 is 10.9. The van der Waals surface area contributed by atoms with Gasteiger partial charge in [0.2, 0.25) is 0 Å². The first-order valence-electron chi connectivity index (χ1n) is 5.40. The number of aromatic nitrogens is 2. The van der Waals surface area contributed by atoms with Crippen molar-refractivity contribution in [3.05, 3.63) is 18.0 Å². The minimum Gasteiger partial charge on any atom is -0.461 e. The van der Waals surface area contributed by atoms with Crippen LogP contribution in [0.25, 0.3) is 0 Å². The summed E-state index contributed by atoms with van der Waals surface area (Å²) in [6.45, 7) is 1.28. The summed E-state index contributed by atoms with van der Waals surface area (Å²) in [6.07, 6.45) is 7.05. The molecule has 5 nitrogen and oxygen atoms in total. The smallest absolute Gasteiger partial charge is 0.316 e. The molecule has 1 aliphatic heterocycles. The normalized spacial score (nSPS) is 20.4. The van der Waals surface area contributed by atoms with E-state index in [1.165, 1.54) is 18.8 Å². The Labute approximate surface area is 93.8 Å². The molecule has 1 aromatic rings. The fourth-order valence-corrected chi connectivity index (χ4v) is 1.57. The molecule has 0 aliphatic carbocycles. The first kappa shape index (κ1) is 11.0. The monoisotopic (exact) mass is 222 g/mol. The van der Waals surface area contributed by atoms with Gasteiger partial charge in [-0.25, -0.2) is 9.97 Å². The number of hydrogen-bond donors (Lipinski definition) is 0. The molecule has 0 spiro atoms. The molecule has 0 N–H and O–H groups in total. The van der Waals surface area contributed by atoms with Gasteiger partial charge >= 0.3 is 6.01 Å². The topological polar surface area (TPSA) is 61.3 Å². The molecule has 1 fully saturated rings. The predicted octanol–water partition coefficient (Wildman–Crippen LogP) is 1.24. The summed E-state index contributed by atoms with van der Waals surface area (Å²) in [7, 11) is 0. The van der Waals surface area contributed by atoms with Gasteiger partial charge in [-0.05, 0) is 19.3 Å². The highest BCUT2D eigenvalue weighted by Gasteiger charge is 2.14. The van der Waals surface area contributed by atoms with Gasteiger partial charge in [0.1, 0.15) is 6.61 Å². The molecule has 0 amide bonds. The van der Waals surface area contributed by atoms with Crippen LogP contribution in [0.4, 0.5) is 0 Å². The SMILES string of the molecule is O=Cc1cnc(OCC2CCCCO2)nc1. The van der Waals surface area contributed by atoms with Crippen molar-refractivity contribution in [2.24, 2.45) is 0 Å². The molecule has 0 bridgehead atoms. The van der Waals surface area contributed by atoms with E-state index in [4.69, 9.17) is 9.47 Å². The maximum Gasteiger partial charge on any atom is 0.316 e. The second-order valence-electron chi connectivity index (χ2n) is 3.72. The summed E-state index contributed by atoms with van der Waals surface area (Å²) >= 11 is 0. The van der Waals surface area contributed by atoms with Crippen LogP contribution in [0.5, 0.6) is 6.01 Å². The maximum absolute atomic E-state index is 10.4. The highest BCUT2D eigenvalue weighted by molar-refractivity contribution is 5.73. The lowest BCUT2D eigenvalue weighted by atomic mass is 10.1. The standard InChI is InChI=1S/C11H14N2O3/c14-7-9-5-12-11(13-6-9)16-8-10-3-1-2-4-15-10/h5-7,10H,1-4,8H2. The predicted molar refractivity (Wildman–Crippen MR) is 56.5 cm³/mol. The first-order valence-corrected chi connectivity index (χ1v) is 5.40. The van der Waals surface area contributed by atoms with Crippen LogP contribution in [-0.4, -0.2) is 35.6 Å². The maximum atomic E-state index is 10.4. The van der Waals surface area contributed by atoms with E-state index in [-0.39, 0.29) is 6.10 Å². The fourth-order valence-electron chi connectivity index (χ4n) is 1.57. The zero-order chi connectivity index (χ0) is 11.2. The van der Waals surface area contributed by atoms with Gasteiger partial charge in [0.25, 0.3) is 0 Å². The Hall–Kier alpha value is -1.49. The van der Waals surface area contributed by atoms with E-state index >= 15 is 0 Å². The van der Waals surface area contributed by atoms with Gasteiger partial charge in [-0.3, -0.25) is 4.79 Å². The second-order valence-corrected chi connectivity index (χ2v) is 3.72. The third-order valence-corrected chi connectivity index (χ3v) is 2.46. The third kappa shape index (κ3) is 3.00. The van der Waals surface area contributed by atoms with Gasteiger partial charge in [-0.2, -0.15) is 0 Å². The average Bonchev–Trinajstić information content (AvgIpc) is 2.38. The van der Waals surface area contributed by atoms with Gasteiger partial charge in [0, 0.05) is 19.0 Å². The van der Waals surface area contributed by atoms with Crippen LogP contribution < -0.4 is 4.74 Å². The van der Waals surface area contributed by atoms with Crippen LogP contribution in [0.1, 0.15) is 29.6 Å². The minimum atomic E-state index is 0.142. The number of ether oxygens (including phenoxy) is 2. The highest BCUT2D eigenvalue weighted by Crippen LogP contribution is 2.13. The summed E-state index contributed by atoms with van der Waals surface area (Å²) in [6, 6.07) is 0.291. The molecule has 0 saturated carbocycles. The van der Waals surface area contributed by atoms with E-state index in [0.717, 1.165) is 19.4 Å². The zero-order valence-electron chi connectivity index (χ0n) is 8.96. The molecular weight excluding hydrogens is 208 g/mol. The van der Waals surface area contributed by atoms with Crippen molar-refractivity contribution in [2.75, 3.05) is 13.2 Å². The van der Waals surface area contributed by atoms with Gasteiger partial charge in [-0.1, -0.05) is 0 Å². The van der Waals surface area contributed by atoms with Gasteiger partial charge in [0.05, 0.1) is 11.7 Å². The molecule has 2 rings (SSSR count). The summed E-state index contributed by atoms with van der Waals surface area (Å²) in [5, 5.41) is 0. The van der Waals surface area contributed by atoms with E-state index in [9.17, 15) is 4.79 Å². The van der Waals surface area contributed by atoms with Crippen molar-refractivity contribution in [3.8, 4) is 6.01 Å². The molecule has 1 saturated heterocycles. The van der Waals surface area contributed by atoms with Crippen molar-refractivity contribution >= 4 is 6.29 Å². The molecule has 16 heavy (non-hydrogen) atoms. The first-order chi connectivity index (χ1) is 7.88. The van der Waals surface area contributed by atoms with Gasteiger partial charge in [-0.15, -0.1) is 0 Å². The molecule has 1 aromatic heterocycles. The Morgan fingerprint density at radius 3 is 2.88 bits per heavy atom. The number of carbonyl (C=O) groups is 1. The van der Waals surface area contributed by atoms with Crippen LogP contribution in [0, 0.1) is 0 Å². The van der Waals surface area contributed by atoms with Crippen molar-refractivity contribution in [3.63, 3.8) is 0 Å². The molecule has 0 radical (unpaired) electrons. The highest BCUT2D eigenvalue weighted by atomic mass is 16.5. The van der Waals surface area contributed by atoms with Crippen LogP contribution in [0.3, 0.4) is 0 Å². The van der Waals surface area contributed by atoms with E-state index in [0.29, 0.717) is 24.5 Å². The minimum absolute atomic E-state index is 0.142. The molecule has 1 unspecified atom stereocenters. The lowest BCUT2D eigenvalue weighted by Gasteiger charge is -2.21. The lowest BCUT2D eigenvalue weighted by Crippen LogP contribution is -2.26. The summed E-state index contributed by atoms with van der Waals surface area (Å²) in [4.78, 5) is 18.2. The van der Waals surface area contributed by atoms with Crippen LogP contribution in [0.2, 0.25) is 0 Å². The Bertz CT molecular complexity index is 334. The molecular formula is C11H14N2O3. The van der Waals surface area contributed by atoms with Crippen LogP contribution in [0.15, 0.2) is 12.4 Å². The average molecular weight is 222 g/mol. The van der Waals surface area contributed by atoms with Crippen LogP contribution in [-0.2, 0) is 4.74 Å². The summed E-state index contributed by atoms with van der Waals surface area (Å²) in [5.41, 5.74) is 0.446. The Kier molecular flexibility index (Phi) is 3.82. The van der Waals surface area contributed by atoms with E-state index in [1.54, 1.807) is 0 Å². The molecule has 1 atom stereocenters. The Morgan fingerprint density at radius 1 is 1.44 bits per heavy atom. The van der Waals surface area contributed by atoms with Crippen molar-refractivity contribution in [1.82, 2.24) is 9.97 Å². The number of carbonyl (C=O) groups excluding carboxylic acids is 1. The molecule has 5 heteroatoms. The molecule has 86 valence electrons. The number of hydrogen-bond acceptors (Lipinski definition) is 5. The van der Waals surface area contributed by atoms with E-state index in [2.05, 4.69) is 9.97 Å². The fraction of sp³-hybridized carbons (Fsp3) is 0.545. The number of aldehydes is 1. The van der Waals surface area contributed by atoms with Crippen molar-refractivity contribution in [2.45, 2.75) is 25.4 Å². The van der Waals surface area contributed by atoms with Gasteiger partial charge < -0.3 is 9.47 Å². The van der Waals surface area contributed by atoms with E-state index in [1.807, 2.05) is 0 Å². The summed E-state index contributed by atoms with van der Waals surface area (Å²) in [5.74, 6) is 0. The van der Waals surface area contributed by atoms with E-state index < -0.39 is 0 Å². The van der Waals surface area contributed by atoms with Crippen LogP contribution >= 0.6 is 0 Å². The second kappa shape index (κ2) is 5.55. The van der Waals surface area contributed by atoms with Crippen molar-refractivity contribution in [1.29, 1.82) is 0 Å². The Balaban J connectivity index is 1.81. The molecule has 1 aliphatic rings. The van der Waals surface area contributed by atoms with Gasteiger partial charge in [0.15, 0.2) is 6.29 Å². The number of nitrogens with zero attached hydrogens (tertiary/aromatic N) is 2. The third-order valence-electron chi connectivity index (χ3n) is 2.46. The zero-order valence-corrected chi connectivity index (χ0v) is 8.96. The Morgan fingerprint density at radius 2 is 2.25 bits per heavy atom. The number of rotatable bonds is 4.